The van der Waals surface area contributed by atoms with Gasteiger partial charge in [0, 0.05) is 17.5 Å². The number of hydrogen-bond acceptors (Lipinski definition) is 11. The summed E-state index contributed by atoms with van der Waals surface area (Å²) in [6.45, 7) is 10.3. The van der Waals surface area contributed by atoms with Gasteiger partial charge in [-0.15, -0.1) is 12.4 Å². The van der Waals surface area contributed by atoms with Crippen molar-refractivity contribution in [2.45, 2.75) is 71.2 Å². The number of rotatable bonds is 9. The Hall–Kier alpha value is -5.67. The van der Waals surface area contributed by atoms with E-state index in [0.29, 0.717) is 28.2 Å². The largest absolute Gasteiger partial charge is 0.460 e. The van der Waals surface area contributed by atoms with Gasteiger partial charge in [-0.05, 0) is 114 Å². The van der Waals surface area contributed by atoms with Crippen LogP contribution in [0.2, 0.25) is 0 Å². The summed E-state index contributed by atoms with van der Waals surface area (Å²) in [5, 5.41) is 3.60. The number of hydrogen-bond donors (Lipinski definition) is 4. The Balaban J connectivity index is 0.000000586. The van der Waals surface area contributed by atoms with Crippen molar-refractivity contribution in [3.8, 4) is 5.75 Å². The zero-order valence-corrected chi connectivity index (χ0v) is 31.6. The number of halogens is 2. The van der Waals surface area contributed by atoms with Gasteiger partial charge in [0.05, 0.1) is 29.1 Å². The van der Waals surface area contributed by atoms with Crippen LogP contribution in [0.25, 0.3) is 0 Å². The molecule has 4 rings (SSSR count). The van der Waals surface area contributed by atoms with Crippen LogP contribution in [0.15, 0.2) is 87.9 Å². The molecule has 0 saturated heterocycles. The van der Waals surface area contributed by atoms with Crippen molar-refractivity contribution >= 4 is 76.2 Å². The van der Waals surface area contributed by atoms with E-state index in [0.717, 1.165) is 0 Å². The van der Waals surface area contributed by atoms with Gasteiger partial charge in [-0.25, -0.2) is 19.6 Å². The molecule has 3 aromatic carbocycles. The molecule has 284 valence electrons. The van der Waals surface area contributed by atoms with Crippen molar-refractivity contribution in [2.75, 3.05) is 0 Å². The number of nitrogens with zero attached hydrogens (tertiary/aromatic N) is 3. The smallest absolute Gasteiger partial charge is 0.354 e. The van der Waals surface area contributed by atoms with Crippen LogP contribution in [0.1, 0.15) is 80.7 Å². The summed E-state index contributed by atoms with van der Waals surface area (Å²) < 4.78 is 16.5. The van der Waals surface area contributed by atoms with Crippen LogP contribution in [0.5, 0.6) is 5.75 Å². The Morgan fingerprint density at radius 3 is 1.77 bits per heavy atom. The molecule has 0 unspecified atom stereocenters. The van der Waals surface area contributed by atoms with E-state index in [2.05, 4.69) is 15.1 Å². The SMILES string of the molecule is CC(C)(C)OC(=O)C[C@]1(C(=O)OC(C)(C)C)CC(c2cccc(OC(=O)c3ccc(N=C(N)N)cc3)c2)=NO1.Cl.NC(N)=Nc1ccc(C(=O)Cl)cc1. The molecular formula is C36H43Cl2N7O8. The first-order valence-corrected chi connectivity index (χ1v) is 16.1. The zero-order chi connectivity index (χ0) is 38.9. The number of oxime groups is 1. The second-order valence-corrected chi connectivity index (χ2v) is 13.8. The number of carbonyl (C=O) groups is 4. The Morgan fingerprint density at radius 2 is 1.30 bits per heavy atom. The number of benzene rings is 3. The molecule has 1 aliphatic heterocycles. The van der Waals surface area contributed by atoms with E-state index in [-0.39, 0.29) is 42.1 Å². The number of esters is 3. The first-order valence-electron chi connectivity index (χ1n) is 15.8. The molecule has 1 atom stereocenters. The van der Waals surface area contributed by atoms with Crippen LogP contribution in [-0.4, -0.2) is 57.6 Å². The van der Waals surface area contributed by atoms with E-state index in [9.17, 15) is 19.2 Å². The van der Waals surface area contributed by atoms with Gasteiger partial charge < -0.3 is 42.0 Å². The molecule has 0 saturated carbocycles. The predicted molar refractivity (Wildman–Crippen MR) is 204 cm³/mol. The van der Waals surface area contributed by atoms with Gasteiger partial charge in [0.15, 0.2) is 11.9 Å². The summed E-state index contributed by atoms with van der Waals surface area (Å²) in [4.78, 5) is 62.5. The van der Waals surface area contributed by atoms with E-state index in [1.165, 1.54) is 12.1 Å². The molecule has 0 aromatic heterocycles. The second kappa shape index (κ2) is 18.2. The lowest BCUT2D eigenvalue weighted by Gasteiger charge is -2.29. The van der Waals surface area contributed by atoms with Crippen LogP contribution in [0.3, 0.4) is 0 Å². The van der Waals surface area contributed by atoms with Gasteiger partial charge in [0.25, 0.3) is 5.24 Å². The Bertz CT molecular complexity index is 1880. The molecule has 0 radical (unpaired) electrons. The van der Waals surface area contributed by atoms with E-state index >= 15 is 0 Å². The highest BCUT2D eigenvalue weighted by Gasteiger charge is 2.52. The molecule has 15 nitrogen and oxygen atoms in total. The molecule has 0 spiro atoms. The zero-order valence-electron chi connectivity index (χ0n) is 30.0. The standard InChI is InChI=1S/C28H34N4O7.C8H8ClN3O.ClH/c1-26(2,3)37-22(33)16-28(24(35)38-27(4,5)6)15-21(32-39-28)18-8-7-9-20(14-18)36-23(34)17-10-12-19(13-11-17)31-25(29)30;9-7(13)5-1-3-6(4-2-5)12-8(10)11;/h7-14H,15-16H2,1-6H3,(H4,29,30,31);1-4H,(H4,10,11,12);1H/t28-;;/m0../s1. The highest BCUT2D eigenvalue weighted by atomic mass is 35.5. The maximum atomic E-state index is 13.2. The average Bonchev–Trinajstić information content (AvgIpc) is 3.45. The van der Waals surface area contributed by atoms with Crippen LogP contribution < -0.4 is 27.7 Å². The van der Waals surface area contributed by atoms with Gasteiger partial charge in [-0.3, -0.25) is 9.59 Å². The lowest BCUT2D eigenvalue weighted by atomic mass is 9.90. The minimum atomic E-state index is -1.70. The van der Waals surface area contributed by atoms with Crippen LogP contribution in [-0.2, 0) is 23.9 Å². The number of aliphatic imine (C=N–C) groups is 2. The fourth-order valence-corrected chi connectivity index (χ4v) is 4.56. The van der Waals surface area contributed by atoms with Gasteiger partial charge in [0.2, 0.25) is 5.60 Å². The van der Waals surface area contributed by atoms with Crippen LogP contribution >= 0.6 is 24.0 Å². The summed E-state index contributed by atoms with van der Waals surface area (Å²) in [6.07, 6.45) is -0.443. The first kappa shape index (κ1) is 43.5. The quantitative estimate of drug-likeness (QED) is 0.0726. The Labute approximate surface area is 318 Å². The minimum Gasteiger partial charge on any atom is -0.460 e. The Kier molecular flexibility index (Phi) is 14.9. The third kappa shape index (κ3) is 14.1. The molecule has 17 heteroatoms. The summed E-state index contributed by atoms with van der Waals surface area (Å²) in [7, 11) is 0. The fraction of sp³-hybridized carbons (Fsp3) is 0.306. The summed E-state index contributed by atoms with van der Waals surface area (Å²) >= 11 is 5.24. The number of carbonyl (C=O) groups excluding carboxylic acids is 4. The lowest BCUT2D eigenvalue weighted by Crippen LogP contribution is -2.46. The lowest BCUT2D eigenvalue weighted by molar-refractivity contribution is -0.188. The van der Waals surface area contributed by atoms with Gasteiger partial charge >= 0.3 is 17.9 Å². The molecule has 0 amide bonds. The maximum Gasteiger partial charge on any atom is 0.354 e. The van der Waals surface area contributed by atoms with Gasteiger partial charge in [-0.2, -0.15) is 0 Å². The van der Waals surface area contributed by atoms with Crippen molar-refractivity contribution in [1.82, 2.24) is 0 Å². The van der Waals surface area contributed by atoms with Crippen molar-refractivity contribution < 1.29 is 38.2 Å². The van der Waals surface area contributed by atoms with E-state index < -0.39 is 46.4 Å². The predicted octanol–water partition coefficient (Wildman–Crippen LogP) is 5.14. The van der Waals surface area contributed by atoms with E-state index in [1.54, 1.807) is 102 Å². The van der Waals surface area contributed by atoms with Gasteiger partial charge in [-0.1, -0.05) is 17.3 Å². The summed E-state index contributed by atoms with van der Waals surface area (Å²) in [6, 6.07) is 19.1. The fourth-order valence-electron chi connectivity index (χ4n) is 4.43. The molecule has 0 bridgehead atoms. The number of nitrogens with two attached hydrogens (primary N) is 4. The molecule has 3 aromatic rings. The highest BCUT2D eigenvalue weighted by Crippen LogP contribution is 2.34. The molecule has 0 aliphatic carbocycles. The van der Waals surface area contributed by atoms with Crippen LogP contribution in [0.4, 0.5) is 11.4 Å². The third-order valence-electron chi connectivity index (χ3n) is 6.50. The minimum absolute atomic E-state index is 0. The van der Waals surface area contributed by atoms with Gasteiger partial charge in [0.1, 0.15) is 17.0 Å². The molecule has 1 aliphatic rings. The van der Waals surface area contributed by atoms with Crippen molar-refractivity contribution in [1.29, 1.82) is 0 Å². The van der Waals surface area contributed by atoms with Crippen molar-refractivity contribution in [3.05, 3.63) is 89.5 Å². The number of guanidine groups is 2. The van der Waals surface area contributed by atoms with E-state index in [4.69, 9.17) is 53.6 Å². The number of ether oxygens (including phenoxy) is 3. The van der Waals surface area contributed by atoms with E-state index in [1.807, 2.05) is 0 Å². The molecular weight excluding hydrogens is 729 g/mol. The maximum absolute atomic E-state index is 13.2. The van der Waals surface area contributed by atoms with Crippen LogP contribution in [0, 0.1) is 0 Å². The molecule has 53 heavy (non-hydrogen) atoms. The molecule has 0 fully saturated rings. The van der Waals surface area contributed by atoms with Crippen molar-refractivity contribution in [3.63, 3.8) is 0 Å². The molecule has 1 heterocycles. The monoisotopic (exact) mass is 771 g/mol. The first-order chi connectivity index (χ1) is 24.1. The summed E-state index contributed by atoms with van der Waals surface area (Å²) in [5.41, 5.74) is 20.5. The Morgan fingerprint density at radius 1 is 0.792 bits per heavy atom. The topological polar surface area (TPSA) is 246 Å². The second-order valence-electron chi connectivity index (χ2n) is 13.4. The van der Waals surface area contributed by atoms with Crippen molar-refractivity contribution in [2.24, 2.45) is 38.1 Å². The third-order valence-corrected chi connectivity index (χ3v) is 6.71. The average molecular weight is 773 g/mol. The molecule has 8 N–H and O–H groups in total. The normalized spacial score (nSPS) is 14.7. The highest BCUT2D eigenvalue weighted by molar-refractivity contribution is 6.67. The summed E-state index contributed by atoms with van der Waals surface area (Å²) in [5.74, 6) is -1.83.